The average molecular weight is 525 g/mol. The molecular formula is C14H12BrClFN7O3S2. The Morgan fingerprint density at radius 2 is 2.24 bits per heavy atom. The van der Waals surface area contributed by atoms with Gasteiger partial charge in [0.2, 0.25) is 0 Å². The molecule has 0 spiro atoms. The van der Waals surface area contributed by atoms with Crippen molar-refractivity contribution in [1.82, 2.24) is 24.6 Å². The van der Waals surface area contributed by atoms with Gasteiger partial charge in [0.05, 0.1) is 18.6 Å². The minimum atomic E-state index is -2.00. The second kappa shape index (κ2) is 9.30. The molecule has 3 rings (SSSR count). The summed E-state index contributed by atoms with van der Waals surface area (Å²) in [7, 11) is 0. The first kappa shape index (κ1) is 21.8. The van der Waals surface area contributed by atoms with Crippen LogP contribution in [-0.2, 0) is 0 Å². The fourth-order valence-corrected chi connectivity index (χ4v) is 4.57. The first-order valence-electron chi connectivity index (χ1n) is 7.85. The van der Waals surface area contributed by atoms with E-state index < -0.39 is 7.44 Å². The van der Waals surface area contributed by atoms with Crippen LogP contribution in [0.5, 0.6) is 5.75 Å². The van der Waals surface area contributed by atoms with Gasteiger partial charge < -0.3 is 15.0 Å². The summed E-state index contributed by atoms with van der Waals surface area (Å²) < 4.78 is 16.2. The molecule has 1 aromatic carbocycles. The molecular weight excluding hydrogens is 513 g/mol. The van der Waals surface area contributed by atoms with E-state index >= 15 is 0 Å². The van der Waals surface area contributed by atoms with Crippen LogP contribution in [0.3, 0.4) is 0 Å². The van der Waals surface area contributed by atoms with Crippen molar-refractivity contribution < 1.29 is 13.5 Å². The molecule has 1 atom stereocenters. The summed E-state index contributed by atoms with van der Waals surface area (Å²) in [5, 5.41) is 14.0. The summed E-state index contributed by atoms with van der Waals surface area (Å²) in [6.45, 7) is 2.33. The molecule has 0 fully saturated rings. The Balaban J connectivity index is 1.99. The lowest BCUT2D eigenvalue weighted by Crippen LogP contribution is -2.26. The van der Waals surface area contributed by atoms with Gasteiger partial charge in [-0.15, -0.1) is 4.48 Å². The third kappa shape index (κ3) is 5.19. The number of nitrogens with zero attached hydrogens (tertiary/aromatic N) is 5. The van der Waals surface area contributed by atoms with Gasteiger partial charge in [0.25, 0.3) is 15.1 Å². The smallest absolute Gasteiger partial charge is 0.289 e. The van der Waals surface area contributed by atoms with E-state index in [9.17, 15) is 14.6 Å². The fraction of sp³-hybridized carbons (Fsp3) is 0.214. The number of aromatic amines is 1. The number of alkyl halides is 1. The van der Waals surface area contributed by atoms with E-state index in [1.54, 1.807) is 12.1 Å². The first-order valence-corrected chi connectivity index (χ1v) is 10.6. The molecule has 3 aromatic rings. The van der Waals surface area contributed by atoms with Crippen LogP contribution in [0.25, 0.3) is 11.2 Å². The largest absolute Gasteiger partial charge is 0.492 e. The van der Waals surface area contributed by atoms with Crippen LogP contribution in [0.15, 0.2) is 35.7 Å². The number of hydrogen-bond donors (Lipinski definition) is 2. The maximum Gasteiger partial charge on any atom is 0.289 e. The molecule has 15 heteroatoms. The Labute approximate surface area is 185 Å². The number of H-pyrrole nitrogens is 1. The van der Waals surface area contributed by atoms with Crippen LogP contribution in [0.2, 0.25) is 0 Å². The van der Waals surface area contributed by atoms with Crippen molar-refractivity contribution >= 4 is 74.1 Å². The minimum Gasteiger partial charge on any atom is -0.492 e. The highest BCUT2D eigenvalue weighted by molar-refractivity contribution is 9.13. The molecule has 0 bridgehead atoms. The third-order valence-corrected chi connectivity index (χ3v) is 6.99. The Morgan fingerprint density at radius 1 is 1.48 bits per heavy atom. The zero-order chi connectivity index (χ0) is 21.0. The molecule has 0 saturated heterocycles. The highest BCUT2D eigenvalue weighted by Crippen LogP contribution is 2.50. The van der Waals surface area contributed by atoms with Crippen LogP contribution in [0.4, 0.5) is 16.0 Å². The standard InChI is InChI=1S/C14H12BrClFN7O3S2/c1-2-27-9-6-4-3-5-8(9)20-12-10-11(19-7-18-10)21-13(22-12)28-14(15,23(16)17)29-24(25)26/h3-7H,2H2,1H3,(H2,18,19,20,21,22). The molecule has 2 N–H and O–H groups in total. The lowest BCUT2D eigenvalue weighted by Gasteiger charge is -2.20. The van der Waals surface area contributed by atoms with E-state index in [2.05, 4.69) is 41.2 Å². The number of imidazole rings is 1. The van der Waals surface area contributed by atoms with Crippen molar-refractivity contribution in [2.75, 3.05) is 11.9 Å². The van der Waals surface area contributed by atoms with Gasteiger partial charge in [-0.2, -0.15) is 0 Å². The molecule has 154 valence electrons. The molecule has 0 aliphatic rings. The number of aromatic nitrogens is 4. The van der Waals surface area contributed by atoms with Crippen LogP contribution in [0.1, 0.15) is 6.92 Å². The molecule has 29 heavy (non-hydrogen) atoms. The Bertz CT molecular complexity index is 1030. The number of hydrogen-bond acceptors (Lipinski definition) is 10. The van der Waals surface area contributed by atoms with E-state index in [0.717, 1.165) is 0 Å². The van der Waals surface area contributed by atoms with Crippen LogP contribution in [-0.4, -0.2) is 38.6 Å². The zero-order valence-electron chi connectivity index (χ0n) is 14.5. The van der Waals surface area contributed by atoms with E-state index in [0.29, 0.717) is 41.1 Å². The second-order valence-corrected chi connectivity index (χ2v) is 10.1. The predicted molar refractivity (Wildman–Crippen MR) is 113 cm³/mol. The average Bonchev–Trinajstić information content (AvgIpc) is 3.11. The number of thioether (sulfide) groups is 1. The van der Waals surface area contributed by atoms with E-state index in [1.165, 1.54) is 6.33 Å². The number of anilines is 2. The predicted octanol–water partition coefficient (Wildman–Crippen LogP) is 4.86. The fourth-order valence-electron chi connectivity index (χ4n) is 2.22. The summed E-state index contributed by atoms with van der Waals surface area (Å²) in [6.07, 6.45) is 1.42. The number of ether oxygens (including phenoxy) is 1. The van der Waals surface area contributed by atoms with Gasteiger partial charge in [-0.1, -0.05) is 12.1 Å². The molecule has 0 amide bonds. The van der Waals surface area contributed by atoms with E-state index in [4.69, 9.17) is 16.5 Å². The van der Waals surface area contributed by atoms with Crippen LogP contribution < -0.4 is 10.1 Å². The first-order chi connectivity index (χ1) is 13.8. The van der Waals surface area contributed by atoms with Crippen molar-refractivity contribution in [3.05, 3.63) is 40.7 Å². The molecule has 0 aliphatic carbocycles. The monoisotopic (exact) mass is 523 g/mol. The number of nitro groups is 1. The van der Waals surface area contributed by atoms with Crippen molar-refractivity contribution in [1.29, 1.82) is 0 Å². The van der Waals surface area contributed by atoms with Gasteiger partial charge in [-0.3, -0.25) is 10.1 Å². The van der Waals surface area contributed by atoms with Crippen molar-refractivity contribution in [2.24, 2.45) is 0 Å². The van der Waals surface area contributed by atoms with Crippen LogP contribution >= 0.6 is 51.4 Å². The number of nitrogens with one attached hydrogen (secondary N) is 2. The summed E-state index contributed by atoms with van der Waals surface area (Å²) in [5.74, 6) is 0.924. The number of benzene rings is 1. The molecule has 0 saturated carbocycles. The summed E-state index contributed by atoms with van der Waals surface area (Å²) in [5.41, 5.74) is 1.40. The van der Waals surface area contributed by atoms with Gasteiger partial charge in [-0.25, -0.2) is 15.0 Å². The molecule has 2 heterocycles. The Hall–Kier alpha value is -1.87. The topological polar surface area (TPSA) is 122 Å². The lowest BCUT2D eigenvalue weighted by molar-refractivity contribution is -0.286. The Kier molecular flexibility index (Phi) is 7.00. The SMILES string of the molecule is CCOc1ccccc1Nc1nc(SC(Br)(S[N+](=O)[O-])N(F)Cl)nc2nc[nH]c12. The van der Waals surface area contributed by atoms with Gasteiger partial charge in [0, 0.05) is 11.8 Å². The number of halogens is 3. The minimum absolute atomic E-state index is 0.00334. The van der Waals surface area contributed by atoms with Gasteiger partial charge in [0.1, 0.15) is 15.6 Å². The molecule has 2 aromatic heterocycles. The highest BCUT2D eigenvalue weighted by Gasteiger charge is 2.46. The normalized spacial score (nSPS) is 13.4. The van der Waals surface area contributed by atoms with Crippen molar-refractivity contribution in [3.63, 3.8) is 0 Å². The van der Waals surface area contributed by atoms with E-state index in [-0.39, 0.29) is 27.4 Å². The van der Waals surface area contributed by atoms with Gasteiger partial charge in [0.15, 0.2) is 16.6 Å². The maximum absolute atomic E-state index is 13.7. The number of fused-ring (bicyclic) bond motifs is 1. The summed E-state index contributed by atoms with van der Waals surface area (Å²) in [4.78, 5) is 26.4. The lowest BCUT2D eigenvalue weighted by atomic mass is 10.3. The van der Waals surface area contributed by atoms with Gasteiger partial charge in [-0.05, 0) is 51.4 Å². The quantitative estimate of drug-likeness (QED) is 0.0462. The maximum atomic E-state index is 13.7. The molecule has 1 unspecified atom stereocenters. The highest BCUT2D eigenvalue weighted by atomic mass is 79.9. The molecule has 10 nitrogen and oxygen atoms in total. The molecule has 0 aliphatic heterocycles. The third-order valence-electron chi connectivity index (χ3n) is 3.31. The number of rotatable bonds is 9. The second-order valence-electron chi connectivity index (χ2n) is 5.16. The van der Waals surface area contributed by atoms with Crippen molar-refractivity contribution in [2.45, 2.75) is 15.2 Å². The molecule has 0 radical (unpaired) electrons. The van der Waals surface area contributed by atoms with E-state index in [1.807, 2.05) is 19.1 Å². The summed E-state index contributed by atoms with van der Waals surface area (Å²) in [6, 6.07) is 7.23. The van der Waals surface area contributed by atoms with Gasteiger partial charge >= 0.3 is 0 Å². The summed E-state index contributed by atoms with van der Waals surface area (Å²) >= 11 is 8.88. The van der Waals surface area contributed by atoms with Crippen molar-refractivity contribution in [3.8, 4) is 5.75 Å². The van der Waals surface area contributed by atoms with Crippen LogP contribution in [0, 0.1) is 10.1 Å². The Morgan fingerprint density at radius 3 is 2.93 bits per heavy atom. The zero-order valence-corrected chi connectivity index (χ0v) is 18.5. The number of para-hydroxylation sites is 2.